The SMILES string of the molecule is CCNC(CN(C)Cc1ccccc1)c1ccc2c(c1)OCCO2. The Kier molecular flexibility index (Phi) is 5.72. The van der Waals surface area contributed by atoms with Gasteiger partial charge in [-0.15, -0.1) is 0 Å². The summed E-state index contributed by atoms with van der Waals surface area (Å²) in [5, 5.41) is 3.58. The second-order valence-corrected chi connectivity index (χ2v) is 6.20. The molecule has 0 amide bonds. The number of nitrogens with zero attached hydrogens (tertiary/aromatic N) is 1. The molecule has 0 fully saturated rings. The Balaban J connectivity index is 1.70. The van der Waals surface area contributed by atoms with Gasteiger partial charge in [-0.05, 0) is 36.9 Å². The zero-order valence-corrected chi connectivity index (χ0v) is 14.5. The van der Waals surface area contributed by atoms with Gasteiger partial charge in [-0.25, -0.2) is 0 Å². The Morgan fingerprint density at radius 2 is 1.79 bits per heavy atom. The molecule has 0 spiro atoms. The Bertz CT molecular complexity index is 645. The van der Waals surface area contributed by atoms with Crippen molar-refractivity contribution in [3.8, 4) is 11.5 Å². The van der Waals surface area contributed by atoms with Crippen molar-refractivity contribution in [2.45, 2.75) is 19.5 Å². The molecule has 0 aliphatic carbocycles. The summed E-state index contributed by atoms with van der Waals surface area (Å²) in [6.45, 7) is 6.19. The van der Waals surface area contributed by atoms with Gasteiger partial charge in [0.15, 0.2) is 11.5 Å². The number of hydrogen-bond acceptors (Lipinski definition) is 4. The monoisotopic (exact) mass is 326 g/mol. The Morgan fingerprint density at radius 3 is 2.54 bits per heavy atom. The Labute approximate surface area is 144 Å². The van der Waals surface area contributed by atoms with E-state index in [-0.39, 0.29) is 6.04 Å². The minimum Gasteiger partial charge on any atom is -0.486 e. The molecule has 0 bridgehead atoms. The highest BCUT2D eigenvalue weighted by Gasteiger charge is 2.18. The quantitative estimate of drug-likeness (QED) is 0.847. The first kappa shape index (κ1) is 16.8. The Morgan fingerprint density at radius 1 is 1.04 bits per heavy atom. The molecule has 1 unspecified atom stereocenters. The van der Waals surface area contributed by atoms with E-state index >= 15 is 0 Å². The summed E-state index contributed by atoms with van der Waals surface area (Å²) < 4.78 is 11.3. The van der Waals surface area contributed by atoms with E-state index in [1.807, 2.05) is 6.07 Å². The Hall–Kier alpha value is -2.04. The van der Waals surface area contributed by atoms with E-state index in [2.05, 4.69) is 66.7 Å². The topological polar surface area (TPSA) is 33.7 Å². The number of nitrogens with one attached hydrogen (secondary N) is 1. The van der Waals surface area contributed by atoms with E-state index in [0.29, 0.717) is 13.2 Å². The fourth-order valence-electron chi connectivity index (χ4n) is 3.08. The van der Waals surface area contributed by atoms with Gasteiger partial charge in [-0.1, -0.05) is 43.3 Å². The number of fused-ring (bicyclic) bond motifs is 1. The summed E-state index contributed by atoms with van der Waals surface area (Å²) in [4.78, 5) is 2.35. The summed E-state index contributed by atoms with van der Waals surface area (Å²) in [6, 6.07) is 17.1. The van der Waals surface area contributed by atoms with E-state index in [1.54, 1.807) is 0 Å². The van der Waals surface area contributed by atoms with Crippen molar-refractivity contribution in [3.63, 3.8) is 0 Å². The number of rotatable bonds is 7. The van der Waals surface area contributed by atoms with Gasteiger partial charge in [0.2, 0.25) is 0 Å². The molecule has 2 aromatic rings. The van der Waals surface area contributed by atoms with Crippen LogP contribution in [0.1, 0.15) is 24.1 Å². The molecule has 24 heavy (non-hydrogen) atoms. The molecular formula is C20H26N2O2. The molecule has 0 aromatic heterocycles. The third-order valence-corrected chi connectivity index (χ3v) is 4.21. The van der Waals surface area contributed by atoms with E-state index < -0.39 is 0 Å². The molecule has 0 saturated carbocycles. The van der Waals surface area contributed by atoms with Gasteiger partial charge in [-0.2, -0.15) is 0 Å². The lowest BCUT2D eigenvalue weighted by Crippen LogP contribution is -2.33. The maximum absolute atomic E-state index is 5.73. The van der Waals surface area contributed by atoms with Crippen LogP contribution in [0.25, 0.3) is 0 Å². The smallest absolute Gasteiger partial charge is 0.161 e. The lowest BCUT2D eigenvalue weighted by molar-refractivity contribution is 0.171. The third kappa shape index (κ3) is 4.28. The lowest BCUT2D eigenvalue weighted by atomic mass is 10.0. The fraction of sp³-hybridized carbons (Fsp3) is 0.400. The van der Waals surface area contributed by atoms with Crippen LogP contribution in [0.4, 0.5) is 0 Å². The van der Waals surface area contributed by atoms with Gasteiger partial charge in [0.25, 0.3) is 0 Å². The average Bonchev–Trinajstić information content (AvgIpc) is 2.62. The van der Waals surface area contributed by atoms with Crippen molar-refractivity contribution in [1.82, 2.24) is 10.2 Å². The van der Waals surface area contributed by atoms with Crippen LogP contribution < -0.4 is 14.8 Å². The second-order valence-electron chi connectivity index (χ2n) is 6.20. The molecule has 0 radical (unpaired) electrons. The lowest BCUT2D eigenvalue weighted by Gasteiger charge is -2.26. The largest absolute Gasteiger partial charge is 0.486 e. The molecule has 0 saturated heterocycles. The van der Waals surface area contributed by atoms with Crippen molar-refractivity contribution in [2.24, 2.45) is 0 Å². The van der Waals surface area contributed by atoms with E-state index in [1.165, 1.54) is 11.1 Å². The highest BCUT2D eigenvalue weighted by atomic mass is 16.6. The van der Waals surface area contributed by atoms with Crippen LogP contribution in [-0.4, -0.2) is 38.3 Å². The number of ether oxygens (including phenoxy) is 2. The van der Waals surface area contributed by atoms with Crippen LogP contribution in [0.3, 0.4) is 0 Å². The van der Waals surface area contributed by atoms with Crippen molar-refractivity contribution >= 4 is 0 Å². The summed E-state index contributed by atoms with van der Waals surface area (Å²) in [7, 11) is 2.16. The maximum atomic E-state index is 5.73. The molecule has 4 nitrogen and oxygen atoms in total. The first-order chi connectivity index (χ1) is 11.8. The second kappa shape index (κ2) is 8.18. The van der Waals surface area contributed by atoms with Crippen LogP contribution >= 0.6 is 0 Å². The molecule has 1 aliphatic heterocycles. The minimum absolute atomic E-state index is 0.263. The van der Waals surface area contributed by atoms with Gasteiger partial charge in [0.1, 0.15) is 13.2 Å². The van der Waals surface area contributed by atoms with Crippen molar-refractivity contribution < 1.29 is 9.47 Å². The van der Waals surface area contributed by atoms with Crippen LogP contribution in [0, 0.1) is 0 Å². The van der Waals surface area contributed by atoms with Crippen LogP contribution in [-0.2, 0) is 6.54 Å². The average molecular weight is 326 g/mol. The number of benzene rings is 2. The predicted molar refractivity (Wildman–Crippen MR) is 96.6 cm³/mol. The van der Waals surface area contributed by atoms with E-state index in [0.717, 1.165) is 31.1 Å². The summed E-state index contributed by atoms with van der Waals surface area (Å²) >= 11 is 0. The first-order valence-corrected chi connectivity index (χ1v) is 8.61. The summed E-state index contributed by atoms with van der Waals surface area (Å²) in [5.41, 5.74) is 2.57. The van der Waals surface area contributed by atoms with Gasteiger partial charge in [0, 0.05) is 19.1 Å². The zero-order valence-electron chi connectivity index (χ0n) is 14.5. The van der Waals surface area contributed by atoms with Crippen molar-refractivity contribution in [3.05, 3.63) is 59.7 Å². The minimum atomic E-state index is 0.263. The van der Waals surface area contributed by atoms with Gasteiger partial charge >= 0.3 is 0 Å². The van der Waals surface area contributed by atoms with Crippen LogP contribution in [0.5, 0.6) is 11.5 Å². The summed E-state index contributed by atoms with van der Waals surface area (Å²) in [6.07, 6.45) is 0. The standard InChI is InChI=1S/C20H26N2O2/c1-3-21-18(15-22(2)14-16-7-5-4-6-8-16)17-9-10-19-20(13-17)24-12-11-23-19/h4-10,13,18,21H,3,11-12,14-15H2,1-2H3. The van der Waals surface area contributed by atoms with Crippen LogP contribution in [0.15, 0.2) is 48.5 Å². The first-order valence-electron chi connectivity index (χ1n) is 8.61. The molecule has 1 atom stereocenters. The normalized spacial score (nSPS) is 14.6. The zero-order chi connectivity index (χ0) is 16.8. The van der Waals surface area contributed by atoms with Crippen molar-refractivity contribution in [1.29, 1.82) is 0 Å². The molecule has 128 valence electrons. The molecule has 1 aliphatic rings. The number of likely N-dealkylation sites (N-methyl/N-ethyl adjacent to an activating group) is 2. The van der Waals surface area contributed by atoms with Crippen molar-refractivity contribution in [2.75, 3.05) is 33.4 Å². The molecule has 3 rings (SSSR count). The maximum Gasteiger partial charge on any atom is 0.161 e. The number of hydrogen-bond donors (Lipinski definition) is 1. The van der Waals surface area contributed by atoms with Crippen LogP contribution in [0.2, 0.25) is 0 Å². The van der Waals surface area contributed by atoms with Gasteiger partial charge in [-0.3, -0.25) is 0 Å². The molecule has 1 heterocycles. The molecule has 1 N–H and O–H groups in total. The van der Waals surface area contributed by atoms with Gasteiger partial charge < -0.3 is 19.7 Å². The third-order valence-electron chi connectivity index (χ3n) is 4.21. The van der Waals surface area contributed by atoms with Gasteiger partial charge in [0.05, 0.1) is 0 Å². The fourth-order valence-corrected chi connectivity index (χ4v) is 3.08. The molecule has 4 heteroatoms. The van der Waals surface area contributed by atoms with E-state index in [9.17, 15) is 0 Å². The summed E-state index contributed by atoms with van der Waals surface area (Å²) in [5.74, 6) is 1.70. The van der Waals surface area contributed by atoms with E-state index in [4.69, 9.17) is 9.47 Å². The highest BCUT2D eigenvalue weighted by Crippen LogP contribution is 2.32. The molecule has 2 aromatic carbocycles. The molecular weight excluding hydrogens is 300 g/mol. The predicted octanol–water partition coefficient (Wildman–Crippen LogP) is 3.24. The highest BCUT2D eigenvalue weighted by molar-refractivity contribution is 5.44.